The summed E-state index contributed by atoms with van der Waals surface area (Å²) in [4.78, 5) is 2.22. The van der Waals surface area contributed by atoms with Gasteiger partial charge in [-0.3, -0.25) is 0 Å². The SMILES string of the molecule is COc1ccc(N2CC(O)(c3ccc(OC)cc3)[N+]3=C2CCC3)cc1.[Cl-]. The zero-order chi connectivity index (χ0) is 17.4. The van der Waals surface area contributed by atoms with Gasteiger partial charge in [-0.05, 0) is 55.0 Å². The van der Waals surface area contributed by atoms with Gasteiger partial charge in [-0.2, -0.15) is 0 Å². The maximum Gasteiger partial charge on any atom is 0.271 e. The molecular formula is C20H23ClN2O3. The summed E-state index contributed by atoms with van der Waals surface area (Å²) >= 11 is 0. The Kier molecular flexibility index (Phi) is 5.12. The van der Waals surface area contributed by atoms with Gasteiger partial charge in [-0.1, -0.05) is 0 Å². The summed E-state index contributed by atoms with van der Waals surface area (Å²) in [6.45, 7) is 1.38. The quantitative estimate of drug-likeness (QED) is 0.738. The zero-order valence-electron chi connectivity index (χ0n) is 15.0. The maximum absolute atomic E-state index is 11.5. The van der Waals surface area contributed by atoms with Crippen LogP contribution in [0.3, 0.4) is 0 Å². The molecular weight excluding hydrogens is 352 g/mol. The lowest BCUT2D eigenvalue weighted by molar-refractivity contribution is -0.652. The molecule has 1 N–H and O–H groups in total. The predicted molar refractivity (Wildman–Crippen MR) is 96.6 cm³/mol. The van der Waals surface area contributed by atoms with E-state index in [1.165, 1.54) is 5.84 Å². The fraction of sp³-hybridized carbons (Fsp3) is 0.350. The Balaban J connectivity index is 0.00000196. The summed E-state index contributed by atoms with van der Waals surface area (Å²) in [7, 11) is 3.32. The molecule has 2 aromatic carbocycles. The second-order valence-electron chi connectivity index (χ2n) is 6.50. The number of halogens is 1. The Morgan fingerprint density at radius 2 is 1.54 bits per heavy atom. The molecule has 4 rings (SSSR count). The van der Waals surface area contributed by atoms with Crippen LogP contribution in [0.5, 0.6) is 11.5 Å². The predicted octanol–water partition coefficient (Wildman–Crippen LogP) is -0.422. The third-order valence-corrected chi connectivity index (χ3v) is 5.17. The summed E-state index contributed by atoms with van der Waals surface area (Å²) < 4.78 is 12.6. The molecule has 1 atom stereocenters. The monoisotopic (exact) mass is 374 g/mol. The molecule has 0 radical (unpaired) electrons. The molecule has 26 heavy (non-hydrogen) atoms. The largest absolute Gasteiger partial charge is 1.00 e. The molecule has 2 aliphatic rings. The average molecular weight is 375 g/mol. The molecule has 0 bridgehead atoms. The minimum Gasteiger partial charge on any atom is -1.00 e. The Morgan fingerprint density at radius 1 is 0.962 bits per heavy atom. The number of nitrogens with zero attached hydrogens (tertiary/aromatic N) is 2. The van der Waals surface area contributed by atoms with Crippen LogP contribution in [-0.4, -0.2) is 42.8 Å². The van der Waals surface area contributed by atoms with Crippen molar-refractivity contribution in [3.8, 4) is 11.5 Å². The van der Waals surface area contributed by atoms with Crippen LogP contribution in [0.2, 0.25) is 0 Å². The molecule has 0 aromatic heterocycles. The minimum absolute atomic E-state index is 0. The van der Waals surface area contributed by atoms with Crippen molar-refractivity contribution < 1.29 is 31.6 Å². The standard InChI is InChI=1S/C20H23N2O3.ClH/c1-24-17-9-5-15(6-10-17)20(23)14-21(19-4-3-13-22(19)20)16-7-11-18(25-2)12-8-16;/h5-12,23H,3-4,13-14H2,1-2H3;1H/q+1;/p-1. The number of benzene rings is 2. The molecule has 0 fully saturated rings. The van der Waals surface area contributed by atoms with Crippen molar-refractivity contribution in [1.82, 2.24) is 0 Å². The topological polar surface area (TPSA) is 44.9 Å². The highest BCUT2D eigenvalue weighted by atomic mass is 35.5. The van der Waals surface area contributed by atoms with Crippen molar-refractivity contribution in [3.63, 3.8) is 0 Å². The normalized spacial score (nSPS) is 21.4. The highest BCUT2D eigenvalue weighted by Gasteiger charge is 2.53. The molecule has 6 heteroatoms. The van der Waals surface area contributed by atoms with E-state index in [1.807, 2.05) is 48.5 Å². The van der Waals surface area contributed by atoms with Crippen LogP contribution in [0.1, 0.15) is 18.4 Å². The molecule has 0 saturated carbocycles. The first-order chi connectivity index (χ1) is 12.2. The first kappa shape index (κ1) is 18.5. The van der Waals surface area contributed by atoms with Crippen LogP contribution in [0.25, 0.3) is 0 Å². The first-order valence-electron chi connectivity index (χ1n) is 8.58. The third kappa shape index (κ3) is 2.91. The van der Waals surface area contributed by atoms with Crippen molar-refractivity contribution in [1.29, 1.82) is 0 Å². The molecule has 1 unspecified atom stereocenters. The average Bonchev–Trinajstić information content (AvgIpc) is 3.26. The number of amidine groups is 1. The minimum atomic E-state index is -1.02. The molecule has 2 heterocycles. The van der Waals surface area contributed by atoms with Gasteiger partial charge in [0.2, 0.25) is 0 Å². The van der Waals surface area contributed by atoms with Crippen LogP contribution in [0.4, 0.5) is 5.69 Å². The summed E-state index contributed by atoms with van der Waals surface area (Å²) in [6.07, 6.45) is 2.03. The van der Waals surface area contributed by atoms with Crippen LogP contribution in [-0.2, 0) is 5.72 Å². The Labute approximate surface area is 159 Å². The molecule has 138 valence electrons. The van der Waals surface area contributed by atoms with Gasteiger partial charge in [0.25, 0.3) is 11.6 Å². The number of ether oxygens (including phenoxy) is 2. The van der Waals surface area contributed by atoms with E-state index in [4.69, 9.17) is 9.47 Å². The lowest BCUT2D eigenvalue weighted by atomic mass is 10.0. The van der Waals surface area contributed by atoms with Gasteiger partial charge in [0.05, 0.1) is 27.2 Å². The Morgan fingerprint density at radius 3 is 2.12 bits per heavy atom. The zero-order valence-corrected chi connectivity index (χ0v) is 15.7. The summed E-state index contributed by atoms with van der Waals surface area (Å²) in [5.74, 6) is 2.81. The molecule has 2 aliphatic heterocycles. The number of hydrogen-bond acceptors (Lipinski definition) is 4. The van der Waals surface area contributed by atoms with Crippen molar-refractivity contribution in [2.75, 3.05) is 32.2 Å². The van der Waals surface area contributed by atoms with E-state index in [9.17, 15) is 5.11 Å². The van der Waals surface area contributed by atoms with Gasteiger partial charge < -0.3 is 27.0 Å². The number of hydrogen-bond donors (Lipinski definition) is 1. The van der Waals surface area contributed by atoms with Crippen molar-refractivity contribution in [2.45, 2.75) is 18.6 Å². The van der Waals surface area contributed by atoms with Crippen LogP contribution in [0, 0.1) is 0 Å². The van der Waals surface area contributed by atoms with Crippen LogP contribution < -0.4 is 26.8 Å². The molecule has 0 aliphatic carbocycles. The fourth-order valence-corrected chi connectivity index (χ4v) is 3.84. The van der Waals surface area contributed by atoms with E-state index >= 15 is 0 Å². The van der Waals surface area contributed by atoms with E-state index in [2.05, 4.69) is 9.48 Å². The van der Waals surface area contributed by atoms with Gasteiger partial charge >= 0.3 is 0 Å². The Hall–Kier alpha value is -2.24. The van der Waals surface area contributed by atoms with Gasteiger partial charge in [0.15, 0.2) is 6.54 Å². The van der Waals surface area contributed by atoms with E-state index in [-0.39, 0.29) is 12.4 Å². The molecule has 2 aromatic rings. The summed E-state index contributed by atoms with van der Waals surface area (Å²) in [5, 5.41) is 11.5. The van der Waals surface area contributed by atoms with E-state index in [0.717, 1.165) is 42.1 Å². The molecule has 5 nitrogen and oxygen atoms in total. The van der Waals surface area contributed by atoms with E-state index < -0.39 is 5.72 Å². The summed E-state index contributed by atoms with van der Waals surface area (Å²) in [6, 6.07) is 15.7. The molecule has 0 amide bonds. The first-order valence-corrected chi connectivity index (χ1v) is 8.58. The van der Waals surface area contributed by atoms with E-state index in [1.54, 1.807) is 14.2 Å². The third-order valence-electron chi connectivity index (χ3n) is 5.17. The maximum atomic E-state index is 11.5. The number of rotatable bonds is 4. The van der Waals surface area contributed by atoms with Crippen LogP contribution in [0.15, 0.2) is 48.5 Å². The lowest BCUT2D eigenvalue weighted by Crippen LogP contribution is -3.00. The molecule has 0 spiro atoms. The van der Waals surface area contributed by atoms with Gasteiger partial charge in [0.1, 0.15) is 17.2 Å². The number of methoxy groups -OCH3 is 2. The van der Waals surface area contributed by atoms with Crippen LogP contribution >= 0.6 is 0 Å². The Bertz CT molecular complexity index is 805. The number of anilines is 1. The lowest BCUT2D eigenvalue weighted by Gasteiger charge is -2.23. The van der Waals surface area contributed by atoms with Gasteiger partial charge in [0, 0.05) is 5.56 Å². The second-order valence-corrected chi connectivity index (χ2v) is 6.50. The van der Waals surface area contributed by atoms with Crippen molar-refractivity contribution >= 4 is 11.5 Å². The van der Waals surface area contributed by atoms with E-state index in [0.29, 0.717) is 6.54 Å². The summed E-state index contributed by atoms with van der Waals surface area (Å²) in [5.41, 5.74) is 0.953. The number of β-amino-alcohol motifs (C(OH)–C–C–N with tert-alkyl or cyclic N) is 1. The van der Waals surface area contributed by atoms with Crippen molar-refractivity contribution in [2.24, 2.45) is 0 Å². The highest BCUT2D eigenvalue weighted by molar-refractivity contribution is 5.96. The fourth-order valence-electron chi connectivity index (χ4n) is 3.84. The second kappa shape index (κ2) is 7.17. The molecule has 0 saturated heterocycles. The number of aliphatic hydroxyl groups is 1. The van der Waals surface area contributed by atoms with Crippen molar-refractivity contribution in [3.05, 3.63) is 54.1 Å². The smallest absolute Gasteiger partial charge is 0.271 e. The van der Waals surface area contributed by atoms with Gasteiger partial charge in [-0.25, -0.2) is 9.48 Å². The highest BCUT2D eigenvalue weighted by Crippen LogP contribution is 2.37. The van der Waals surface area contributed by atoms with Gasteiger partial charge in [-0.15, -0.1) is 0 Å².